The fourth-order valence-electron chi connectivity index (χ4n) is 1.66. The lowest BCUT2D eigenvalue weighted by molar-refractivity contribution is 0.410. The summed E-state index contributed by atoms with van der Waals surface area (Å²) in [7, 11) is -2.11. The third kappa shape index (κ3) is 2.94. The molecule has 8 nitrogen and oxygen atoms in total. The van der Waals surface area contributed by atoms with Gasteiger partial charge < -0.3 is 4.74 Å². The maximum Gasteiger partial charge on any atom is 0.240 e. The second-order valence-corrected chi connectivity index (χ2v) is 6.08. The SMILES string of the molecule is COc1cc(S(=O)(=O)NC(C)C)ccc1-n1cnnn1. The van der Waals surface area contributed by atoms with Crippen LogP contribution in [0.2, 0.25) is 0 Å². The fourth-order valence-corrected chi connectivity index (χ4v) is 2.93. The minimum Gasteiger partial charge on any atom is -0.494 e. The topological polar surface area (TPSA) is 99.0 Å². The number of benzene rings is 1. The molecule has 9 heteroatoms. The van der Waals surface area contributed by atoms with Gasteiger partial charge in [-0.05, 0) is 36.4 Å². The zero-order valence-electron chi connectivity index (χ0n) is 11.3. The predicted octanol–water partition coefficient (Wildman–Crippen LogP) is 0.358. The Morgan fingerprint density at radius 2 is 2.10 bits per heavy atom. The minimum absolute atomic E-state index is 0.125. The molecule has 0 saturated heterocycles. The van der Waals surface area contributed by atoms with Crippen molar-refractivity contribution in [2.24, 2.45) is 0 Å². The van der Waals surface area contributed by atoms with E-state index in [2.05, 4.69) is 20.2 Å². The van der Waals surface area contributed by atoms with Crippen molar-refractivity contribution in [3.05, 3.63) is 24.5 Å². The highest BCUT2D eigenvalue weighted by Crippen LogP contribution is 2.25. The normalized spacial score (nSPS) is 11.8. The molecule has 1 heterocycles. The van der Waals surface area contributed by atoms with E-state index in [1.54, 1.807) is 19.9 Å². The fraction of sp³-hybridized carbons (Fsp3) is 0.364. The molecule has 0 fully saturated rings. The van der Waals surface area contributed by atoms with Gasteiger partial charge in [0.2, 0.25) is 10.0 Å². The molecule has 1 N–H and O–H groups in total. The first kappa shape index (κ1) is 14.4. The number of tetrazole rings is 1. The number of aromatic nitrogens is 4. The van der Waals surface area contributed by atoms with E-state index in [1.807, 2.05) is 0 Å². The van der Waals surface area contributed by atoms with E-state index in [4.69, 9.17) is 4.74 Å². The highest BCUT2D eigenvalue weighted by atomic mass is 32.2. The number of nitrogens with zero attached hydrogens (tertiary/aromatic N) is 4. The second kappa shape index (κ2) is 5.55. The molecule has 0 unspecified atom stereocenters. The van der Waals surface area contributed by atoms with Crippen LogP contribution in [0.25, 0.3) is 5.69 Å². The summed E-state index contributed by atoms with van der Waals surface area (Å²) in [5.74, 6) is 0.365. The maximum atomic E-state index is 12.1. The standard InChI is InChI=1S/C11H15N5O3S/c1-8(2)13-20(17,18)9-4-5-10(11(6-9)19-3)16-7-12-14-15-16/h4-8,13H,1-3H3. The molecule has 0 atom stereocenters. The van der Waals surface area contributed by atoms with Crippen LogP contribution in [0.3, 0.4) is 0 Å². The summed E-state index contributed by atoms with van der Waals surface area (Å²) in [6, 6.07) is 4.31. The van der Waals surface area contributed by atoms with E-state index < -0.39 is 10.0 Å². The number of hydrogen-bond donors (Lipinski definition) is 1. The van der Waals surface area contributed by atoms with Gasteiger partial charge in [0, 0.05) is 12.1 Å². The molecule has 1 aromatic heterocycles. The van der Waals surface area contributed by atoms with Gasteiger partial charge in [0.15, 0.2) is 0 Å². The van der Waals surface area contributed by atoms with Crippen LogP contribution < -0.4 is 9.46 Å². The number of sulfonamides is 1. The van der Waals surface area contributed by atoms with Crippen LogP contribution in [0.4, 0.5) is 0 Å². The van der Waals surface area contributed by atoms with Crippen LogP contribution in [0, 0.1) is 0 Å². The molecule has 20 heavy (non-hydrogen) atoms. The van der Waals surface area contributed by atoms with E-state index in [1.165, 1.54) is 30.3 Å². The Morgan fingerprint density at radius 1 is 1.35 bits per heavy atom. The van der Waals surface area contributed by atoms with Gasteiger partial charge >= 0.3 is 0 Å². The first-order valence-electron chi connectivity index (χ1n) is 5.88. The van der Waals surface area contributed by atoms with Crippen molar-refractivity contribution in [3.63, 3.8) is 0 Å². The van der Waals surface area contributed by atoms with E-state index in [0.29, 0.717) is 11.4 Å². The summed E-state index contributed by atoms with van der Waals surface area (Å²) in [6.45, 7) is 3.51. The smallest absolute Gasteiger partial charge is 0.240 e. The Morgan fingerprint density at radius 3 is 2.65 bits per heavy atom. The molecule has 108 valence electrons. The van der Waals surface area contributed by atoms with Gasteiger partial charge in [-0.3, -0.25) is 0 Å². The van der Waals surface area contributed by atoms with Crippen molar-refractivity contribution in [3.8, 4) is 11.4 Å². The first-order valence-corrected chi connectivity index (χ1v) is 7.36. The summed E-state index contributed by atoms with van der Waals surface area (Å²) in [5, 5.41) is 10.8. The maximum absolute atomic E-state index is 12.1. The van der Waals surface area contributed by atoms with Crippen LogP contribution in [-0.2, 0) is 10.0 Å². The lowest BCUT2D eigenvalue weighted by Crippen LogP contribution is -2.30. The summed E-state index contributed by atoms with van der Waals surface area (Å²) in [4.78, 5) is 0.125. The predicted molar refractivity (Wildman–Crippen MR) is 71.2 cm³/mol. The van der Waals surface area contributed by atoms with Crippen LogP contribution in [0.1, 0.15) is 13.8 Å². The Bertz CT molecular complexity index is 682. The zero-order chi connectivity index (χ0) is 14.8. The summed E-state index contributed by atoms with van der Waals surface area (Å²) < 4.78 is 33.3. The van der Waals surface area contributed by atoms with Crippen molar-refractivity contribution < 1.29 is 13.2 Å². The zero-order valence-corrected chi connectivity index (χ0v) is 12.1. The van der Waals surface area contributed by atoms with E-state index in [0.717, 1.165) is 0 Å². The van der Waals surface area contributed by atoms with Gasteiger partial charge in [0.25, 0.3) is 0 Å². The lowest BCUT2D eigenvalue weighted by Gasteiger charge is -2.12. The molecule has 0 aliphatic carbocycles. The monoisotopic (exact) mass is 297 g/mol. The van der Waals surface area contributed by atoms with Gasteiger partial charge in [-0.1, -0.05) is 0 Å². The van der Waals surface area contributed by atoms with Crippen LogP contribution in [0.15, 0.2) is 29.4 Å². The van der Waals surface area contributed by atoms with Crippen molar-refractivity contribution in [2.45, 2.75) is 24.8 Å². The molecule has 0 aliphatic heterocycles. The van der Waals surface area contributed by atoms with Gasteiger partial charge in [0.1, 0.15) is 17.8 Å². The van der Waals surface area contributed by atoms with Gasteiger partial charge in [-0.2, -0.15) is 4.68 Å². The average Bonchev–Trinajstić information content (AvgIpc) is 2.90. The highest BCUT2D eigenvalue weighted by Gasteiger charge is 2.18. The number of nitrogens with one attached hydrogen (secondary N) is 1. The molecule has 0 amide bonds. The molecule has 0 bridgehead atoms. The average molecular weight is 297 g/mol. The third-order valence-corrected chi connectivity index (χ3v) is 4.10. The molecule has 2 aromatic rings. The Kier molecular flexibility index (Phi) is 4.00. The number of methoxy groups -OCH3 is 1. The van der Waals surface area contributed by atoms with Crippen LogP contribution in [0.5, 0.6) is 5.75 Å². The minimum atomic E-state index is -3.57. The van der Waals surface area contributed by atoms with E-state index >= 15 is 0 Å². The van der Waals surface area contributed by atoms with Gasteiger partial charge in [-0.25, -0.2) is 13.1 Å². The Hall–Kier alpha value is -2.00. The van der Waals surface area contributed by atoms with Crippen molar-refractivity contribution >= 4 is 10.0 Å². The molecule has 2 rings (SSSR count). The largest absolute Gasteiger partial charge is 0.494 e. The highest BCUT2D eigenvalue weighted by molar-refractivity contribution is 7.89. The second-order valence-electron chi connectivity index (χ2n) is 4.36. The Labute approximate surface area is 116 Å². The van der Waals surface area contributed by atoms with E-state index in [9.17, 15) is 8.42 Å². The molecule has 0 aliphatic rings. The van der Waals surface area contributed by atoms with Gasteiger partial charge in [0.05, 0.1) is 12.0 Å². The van der Waals surface area contributed by atoms with E-state index in [-0.39, 0.29) is 10.9 Å². The van der Waals surface area contributed by atoms with Gasteiger partial charge in [-0.15, -0.1) is 5.10 Å². The molecular formula is C11H15N5O3S. The summed E-state index contributed by atoms with van der Waals surface area (Å²) in [5.41, 5.74) is 0.556. The number of ether oxygens (including phenoxy) is 1. The first-order chi connectivity index (χ1) is 9.44. The van der Waals surface area contributed by atoms with Crippen LogP contribution >= 0.6 is 0 Å². The number of rotatable bonds is 5. The lowest BCUT2D eigenvalue weighted by atomic mass is 10.3. The summed E-state index contributed by atoms with van der Waals surface area (Å²) >= 11 is 0. The molecular weight excluding hydrogens is 282 g/mol. The quantitative estimate of drug-likeness (QED) is 0.855. The number of hydrogen-bond acceptors (Lipinski definition) is 6. The Balaban J connectivity index is 2.45. The molecule has 0 saturated carbocycles. The van der Waals surface area contributed by atoms with Crippen molar-refractivity contribution in [2.75, 3.05) is 7.11 Å². The molecule has 0 spiro atoms. The summed E-state index contributed by atoms with van der Waals surface area (Å²) in [6.07, 6.45) is 1.40. The molecule has 1 aromatic carbocycles. The van der Waals surface area contributed by atoms with Crippen LogP contribution in [-0.4, -0.2) is 41.8 Å². The third-order valence-electron chi connectivity index (χ3n) is 2.45. The van der Waals surface area contributed by atoms with Crippen molar-refractivity contribution in [1.29, 1.82) is 0 Å². The molecule has 0 radical (unpaired) electrons. The van der Waals surface area contributed by atoms with Crippen molar-refractivity contribution in [1.82, 2.24) is 24.9 Å².